The van der Waals surface area contributed by atoms with Crippen molar-refractivity contribution in [2.75, 3.05) is 19.6 Å². The molecule has 1 aromatic carbocycles. The smallest absolute Gasteiger partial charge is 0.255 e. The minimum absolute atomic E-state index is 0.162. The van der Waals surface area contributed by atoms with Crippen LogP contribution in [0.4, 0.5) is 0 Å². The number of hydrogen-bond donors (Lipinski definition) is 2. The Kier molecular flexibility index (Phi) is 5.03. The minimum Gasteiger partial charge on any atom is -0.330 e. The summed E-state index contributed by atoms with van der Waals surface area (Å²) in [7, 11) is 0. The zero-order chi connectivity index (χ0) is 21.5. The Hall–Kier alpha value is -3.10. The quantitative estimate of drug-likeness (QED) is 0.697. The lowest BCUT2D eigenvalue weighted by Crippen LogP contribution is -2.52. The second-order valence-corrected chi connectivity index (χ2v) is 8.62. The van der Waals surface area contributed by atoms with Crippen LogP contribution in [0.25, 0.3) is 11.3 Å². The number of benzene rings is 1. The molecule has 160 valence electrons. The Morgan fingerprint density at radius 1 is 1.13 bits per heavy atom. The summed E-state index contributed by atoms with van der Waals surface area (Å²) in [5.41, 5.74) is 10.2. The van der Waals surface area contributed by atoms with Gasteiger partial charge >= 0.3 is 0 Å². The van der Waals surface area contributed by atoms with E-state index in [1.54, 1.807) is 4.90 Å². The molecule has 0 radical (unpaired) electrons. The lowest BCUT2D eigenvalue weighted by molar-refractivity contribution is -0.136. The Balaban J connectivity index is 1.33. The maximum atomic E-state index is 12.9. The van der Waals surface area contributed by atoms with Gasteiger partial charge in [-0.3, -0.25) is 29.6 Å². The van der Waals surface area contributed by atoms with Crippen LogP contribution in [-0.2, 0) is 22.7 Å². The summed E-state index contributed by atoms with van der Waals surface area (Å²) in [4.78, 5) is 45.0. The topological polar surface area (TPSA) is 109 Å². The van der Waals surface area contributed by atoms with Crippen molar-refractivity contribution >= 4 is 17.7 Å². The molecule has 1 aromatic heterocycles. The number of fused-ring (bicyclic) bond motifs is 1. The van der Waals surface area contributed by atoms with Crippen LogP contribution in [0.3, 0.4) is 0 Å². The van der Waals surface area contributed by atoms with Gasteiger partial charge in [-0.15, -0.1) is 0 Å². The van der Waals surface area contributed by atoms with Crippen molar-refractivity contribution in [1.82, 2.24) is 20.1 Å². The molecule has 0 bridgehead atoms. The van der Waals surface area contributed by atoms with Crippen LogP contribution >= 0.6 is 0 Å². The molecule has 1 atom stereocenters. The monoisotopic (exact) mass is 419 g/mol. The first-order valence-corrected chi connectivity index (χ1v) is 10.7. The average Bonchev–Trinajstić information content (AvgIpc) is 3.06. The summed E-state index contributed by atoms with van der Waals surface area (Å²) >= 11 is 0. The highest BCUT2D eigenvalue weighted by Gasteiger charge is 2.39. The van der Waals surface area contributed by atoms with E-state index >= 15 is 0 Å². The van der Waals surface area contributed by atoms with E-state index in [0.29, 0.717) is 24.4 Å². The molecular formula is C23H25N5O3. The molecule has 3 N–H and O–H groups in total. The summed E-state index contributed by atoms with van der Waals surface area (Å²) in [6, 6.07) is 9.22. The predicted molar refractivity (Wildman–Crippen MR) is 114 cm³/mol. The van der Waals surface area contributed by atoms with Gasteiger partial charge in [-0.2, -0.15) is 0 Å². The molecule has 0 aliphatic carbocycles. The third kappa shape index (κ3) is 3.73. The highest BCUT2D eigenvalue weighted by molar-refractivity contribution is 6.05. The summed E-state index contributed by atoms with van der Waals surface area (Å²) < 4.78 is 0. The first-order valence-electron chi connectivity index (χ1n) is 10.7. The highest BCUT2D eigenvalue weighted by Crippen LogP contribution is 2.31. The highest BCUT2D eigenvalue weighted by atomic mass is 16.2. The van der Waals surface area contributed by atoms with E-state index in [1.807, 2.05) is 30.5 Å². The van der Waals surface area contributed by atoms with Crippen LogP contribution < -0.4 is 11.1 Å². The van der Waals surface area contributed by atoms with Crippen molar-refractivity contribution in [3.05, 3.63) is 53.2 Å². The van der Waals surface area contributed by atoms with Crippen LogP contribution in [-0.4, -0.2) is 58.2 Å². The second kappa shape index (κ2) is 7.86. The molecule has 2 fully saturated rings. The van der Waals surface area contributed by atoms with Crippen molar-refractivity contribution in [3.63, 3.8) is 0 Å². The van der Waals surface area contributed by atoms with E-state index in [0.717, 1.165) is 43.0 Å². The van der Waals surface area contributed by atoms with Crippen molar-refractivity contribution < 1.29 is 14.4 Å². The van der Waals surface area contributed by atoms with E-state index in [9.17, 15) is 14.4 Å². The molecule has 1 unspecified atom stereocenters. The largest absolute Gasteiger partial charge is 0.330 e. The number of carbonyl (C=O) groups excluding carboxylic acids is 3. The Morgan fingerprint density at radius 3 is 2.74 bits per heavy atom. The van der Waals surface area contributed by atoms with E-state index in [2.05, 4.69) is 21.3 Å². The lowest BCUT2D eigenvalue weighted by atomic mass is 9.99. The van der Waals surface area contributed by atoms with Crippen LogP contribution in [0, 0.1) is 5.92 Å². The van der Waals surface area contributed by atoms with Crippen molar-refractivity contribution in [2.45, 2.75) is 32.0 Å². The van der Waals surface area contributed by atoms with Crippen LogP contribution in [0.5, 0.6) is 0 Å². The van der Waals surface area contributed by atoms with Gasteiger partial charge in [0.1, 0.15) is 6.04 Å². The molecule has 4 heterocycles. The van der Waals surface area contributed by atoms with Gasteiger partial charge in [0.2, 0.25) is 11.8 Å². The van der Waals surface area contributed by atoms with Crippen molar-refractivity contribution in [1.29, 1.82) is 0 Å². The number of amides is 3. The summed E-state index contributed by atoms with van der Waals surface area (Å²) in [6.07, 6.45) is 2.43. The molecular weight excluding hydrogens is 394 g/mol. The van der Waals surface area contributed by atoms with Gasteiger partial charge in [0.05, 0.1) is 5.69 Å². The van der Waals surface area contributed by atoms with E-state index in [-0.39, 0.29) is 18.2 Å². The number of piperidine rings is 1. The summed E-state index contributed by atoms with van der Waals surface area (Å²) in [5.74, 6) is -0.238. The molecule has 3 aliphatic rings. The van der Waals surface area contributed by atoms with E-state index < -0.39 is 11.9 Å². The van der Waals surface area contributed by atoms with E-state index in [1.165, 1.54) is 5.56 Å². The average molecular weight is 419 g/mol. The first kappa shape index (κ1) is 19.8. The van der Waals surface area contributed by atoms with Crippen molar-refractivity contribution in [2.24, 2.45) is 11.7 Å². The minimum atomic E-state index is -0.601. The fourth-order valence-electron chi connectivity index (χ4n) is 4.68. The number of nitrogens with two attached hydrogens (primary N) is 1. The molecule has 8 nitrogen and oxygen atoms in total. The Labute approximate surface area is 180 Å². The van der Waals surface area contributed by atoms with Crippen molar-refractivity contribution in [3.8, 4) is 11.3 Å². The summed E-state index contributed by atoms with van der Waals surface area (Å²) in [6.45, 7) is 4.04. The molecule has 3 amide bonds. The SMILES string of the molecule is NCC1CN(Cc2ccnc(-c3ccc4c(c3)CN(C3CCC(=O)NC3=O)C4=O)c2)C1. The number of likely N-dealkylation sites (tertiary alicyclic amines) is 1. The first-order chi connectivity index (χ1) is 15.0. The summed E-state index contributed by atoms with van der Waals surface area (Å²) in [5, 5.41) is 2.34. The van der Waals surface area contributed by atoms with Gasteiger partial charge in [-0.25, -0.2) is 0 Å². The molecule has 3 aliphatic heterocycles. The number of rotatable bonds is 5. The number of carbonyl (C=O) groups is 3. The van der Waals surface area contributed by atoms with Gasteiger partial charge in [0.15, 0.2) is 0 Å². The maximum absolute atomic E-state index is 12.9. The molecule has 0 saturated carbocycles. The number of imide groups is 1. The number of hydrogen-bond acceptors (Lipinski definition) is 6. The molecule has 8 heteroatoms. The zero-order valence-electron chi connectivity index (χ0n) is 17.2. The molecule has 2 saturated heterocycles. The molecule has 5 rings (SSSR count). The number of nitrogens with zero attached hydrogens (tertiary/aromatic N) is 3. The number of nitrogens with one attached hydrogen (secondary N) is 1. The second-order valence-electron chi connectivity index (χ2n) is 8.62. The Bertz CT molecular complexity index is 1060. The Morgan fingerprint density at radius 2 is 1.97 bits per heavy atom. The predicted octanol–water partition coefficient (Wildman–Crippen LogP) is 0.900. The fraction of sp³-hybridized carbons (Fsp3) is 0.391. The normalized spacial score (nSPS) is 21.8. The number of pyridine rings is 1. The third-order valence-corrected chi connectivity index (χ3v) is 6.42. The van der Waals surface area contributed by atoms with Crippen LogP contribution in [0.2, 0.25) is 0 Å². The van der Waals surface area contributed by atoms with Crippen LogP contribution in [0.1, 0.15) is 34.3 Å². The number of aromatic nitrogens is 1. The standard InChI is InChI=1S/C23H25N5O3/c24-9-15-11-27(12-15)10-14-5-6-25-19(7-14)16-1-2-18-17(8-16)13-28(23(18)31)20-3-4-21(29)26-22(20)30/h1-2,5-8,15,20H,3-4,9-13,24H2,(H,26,29,30). The van der Waals surface area contributed by atoms with Crippen LogP contribution in [0.15, 0.2) is 36.5 Å². The third-order valence-electron chi connectivity index (χ3n) is 6.42. The van der Waals surface area contributed by atoms with Gasteiger partial charge in [-0.05, 0) is 54.3 Å². The van der Waals surface area contributed by atoms with Gasteiger partial charge in [0, 0.05) is 49.9 Å². The molecule has 2 aromatic rings. The lowest BCUT2D eigenvalue weighted by Gasteiger charge is -2.38. The fourth-order valence-corrected chi connectivity index (χ4v) is 4.68. The van der Waals surface area contributed by atoms with E-state index in [4.69, 9.17) is 5.73 Å². The maximum Gasteiger partial charge on any atom is 0.255 e. The molecule has 0 spiro atoms. The van der Waals surface area contributed by atoms with Gasteiger partial charge in [0.25, 0.3) is 5.91 Å². The molecule has 31 heavy (non-hydrogen) atoms. The zero-order valence-corrected chi connectivity index (χ0v) is 17.2. The van der Waals surface area contributed by atoms with Gasteiger partial charge < -0.3 is 10.6 Å². The van der Waals surface area contributed by atoms with Gasteiger partial charge in [-0.1, -0.05) is 6.07 Å².